The molecule has 1 aromatic rings. The van der Waals surface area contributed by atoms with Gasteiger partial charge in [-0.25, -0.2) is 4.79 Å². The highest BCUT2D eigenvalue weighted by atomic mass is 16.2. The van der Waals surface area contributed by atoms with E-state index in [-0.39, 0.29) is 11.7 Å². The zero-order valence-electron chi connectivity index (χ0n) is 10.2. The predicted octanol–water partition coefficient (Wildman–Crippen LogP) is 2.08. The van der Waals surface area contributed by atoms with Crippen molar-refractivity contribution in [2.75, 3.05) is 13.1 Å². The summed E-state index contributed by atoms with van der Waals surface area (Å²) in [7, 11) is 0. The quantitative estimate of drug-likeness (QED) is 0.603. The molecule has 1 aliphatic heterocycles. The van der Waals surface area contributed by atoms with Gasteiger partial charge in [0.15, 0.2) is 6.29 Å². The summed E-state index contributed by atoms with van der Waals surface area (Å²) < 4.78 is 0. The molecule has 0 spiro atoms. The van der Waals surface area contributed by atoms with Crippen LogP contribution in [0.5, 0.6) is 0 Å². The molecule has 0 N–H and O–H groups in total. The van der Waals surface area contributed by atoms with Crippen molar-refractivity contribution in [3.05, 3.63) is 35.9 Å². The van der Waals surface area contributed by atoms with Gasteiger partial charge in [0, 0.05) is 19.5 Å². The van der Waals surface area contributed by atoms with Gasteiger partial charge in [0.05, 0.1) is 5.71 Å². The number of amides is 2. The normalized spacial score (nSPS) is 15.8. The number of likely N-dealkylation sites (tertiary alicyclic amines) is 1. The summed E-state index contributed by atoms with van der Waals surface area (Å²) in [5.74, 6) is 0. The highest BCUT2D eigenvalue weighted by molar-refractivity contribution is 6.30. The molecule has 0 atom stereocenters. The van der Waals surface area contributed by atoms with Gasteiger partial charge in [-0.3, -0.25) is 4.79 Å². The second kappa shape index (κ2) is 6.10. The van der Waals surface area contributed by atoms with Crippen LogP contribution in [0.1, 0.15) is 18.4 Å². The number of nitrogens with zero attached hydrogens (tertiary/aromatic N) is 2. The van der Waals surface area contributed by atoms with Gasteiger partial charge in [-0.1, -0.05) is 30.3 Å². The smallest absolute Gasteiger partial charge is 0.323 e. The fourth-order valence-corrected chi connectivity index (χ4v) is 2.01. The van der Waals surface area contributed by atoms with Gasteiger partial charge in [0.2, 0.25) is 0 Å². The number of carbonyl (C=O) groups is 2. The Labute approximate surface area is 106 Å². The summed E-state index contributed by atoms with van der Waals surface area (Å²) in [5.41, 5.74) is 1.27. The molecule has 1 aromatic carbocycles. The minimum Gasteiger partial charge on any atom is -0.323 e. The molecule has 2 amide bonds. The Morgan fingerprint density at radius 2 is 1.89 bits per heavy atom. The lowest BCUT2D eigenvalue weighted by Crippen LogP contribution is -2.26. The lowest BCUT2D eigenvalue weighted by atomic mass is 10.1. The molecule has 4 heteroatoms. The summed E-state index contributed by atoms with van der Waals surface area (Å²) in [6, 6.07) is 9.26. The zero-order valence-corrected chi connectivity index (χ0v) is 10.2. The van der Waals surface area contributed by atoms with Crippen LogP contribution in [0.4, 0.5) is 4.79 Å². The maximum atomic E-state index is 11.8. The fraction of sp³-hybridized carbons (Fsp3) is 0.357. The number of rotatable bonds is 3. The molecule has 94 valence electrons. The SMILES string of the molecule is O=CC(Cc1ccccc1)=NC(=O)N1CCCC1. The Kier molecular flexibility index (Phi) is 4.23. The first-order valence-electron chi connectivity index (χ1n) is 6.15. The van der Waals surface area contributed by atoms with Crippen molar-refractivity contribution in [2.45, 2.75) is 19.3 Å². The third-order valence-corrected chi connectivity index (χ3v) is 2.98. The van der Waals surface area contributed by atoms with Crippen molar-refractivity contribution in [2.24, 2.45) is 4.99 Å². The van der Waals surface area contributed by atoms with Crippen molar-refractivity contribution in [3.63, 3.8) is 0 Å². The summed E-state index contributed by atoms with van der Waals surface area (Å²) in [5, 5.41) is 0. The Balaban J connectivity index is 2.03. The minimum absolute atomic E-state index is 0.287. The third-order valence-electron chi connectivity index (χ3n) is 2.98. The number of benzene rings is 1. The van der Waals surface area contributed by atoms with Crippen LogP contribution in [0, 0.1) is 0 Å². The summed E-state index contributed by atoms with van der Waals surface area (Å²) in [6.07, 6.45) is 3.12. The van der Waals surface area contributed by atoms with Gasteiger partial charge in [-0.2, -0.15) is 4.99 Å². The summed E-state index contributed by atoms with van der Waals surface area (Å²) in [6.45, 7) is 1.50. The minimum atomic E-state index is -0.287. The molecule has 0 bridgehead atoms. The number of aliphatic imine (C=N–C) groups is 1. The molecule has 1 aliphatic rings. The van der Waals surface area contributed by atoms with Gasteiger partial charge in [0.1, 0.15) is 0 Å². The van der Waals surface area contributed by atoms with Crippen LogP contribution < -0.4 is 0 Å². The fourth-order valence-electron chi connectivity index (χ4n) is 2.01. The van der Waals surface area contributed by atoms with E-state index in [1.54, 1.807) is 4.90 Å². The second-order valence-corrected chi connectivity index (χ2v) is 4.36. The largest absolute Gasteiger partial charge is 0.343 e. The molecule has 0 unspecified atom stereocenters. The van der Waals surface area contributed by atoms with E-state index in [0.29, 0.717) is 12.7 Å². The molecule has 0 aromatic heterocycles. The van der Waals surface area contributed by atoms with Crippen molar-refractivity contribution < 1.29 is 9.59 Å². The van der Waals surface area contributed by atoms with Crippen molar-refractivity contribution in [1.29, 1.82) is 0 Å². The second-order valence-electron chi connectivity index (χ2n) is 4.36. The van der Waals surface area contributed by atoms with E-state index in [1.165, 1.54) is 0 Å². The Morgan fingerprint density at radius 3 is 2.50 bits per heavy atom. The van der Waals surface area contributed by atoms with Crippen LogP contribution >= 0.6 is 0 Å². The van der Waals surface area contributed by atoms with Gasteiger partial charge in [0.25, 0.3) is 0 Å². The summed E-state index contributed by atoms with van der Waals surface area (Å²) >= 11 is 0. The lowest BCUT2D eigenvalue weighted by Gasteiger charge is -2.11. The molecular weight excluding hydrogens is 228 g/mol. The molecule has 1 fully saturated rings. The van der Waals surface area contributed by atoms with Gasteiger partial charge >= 0.3 is 6.03 Å². The van der Waals surface area contributed by atoms with Crippen LogP contribution in [0.2, 0.25) is 0 Å². The van der Waals surface area contributed by atoms with Gasteiger partial charge in [-0.15, -0.1) is 0 Å². The van der Waals surface area contributed by atoms with E-state index < -0.39 is 0 Å². The standard InChI is InChI=1S/C14H16N2O2/c17-11-13(10-12-6-2-1-3-7-12)15-14(18)16-8-4-5-9-16/h1-3,6-7,11H,4-5,8-10H2. The zero-order chi connectivity index (χ0) is 12.8. The molecule has 1 heterocycles. The van der Waals surface area contributed by atoms with Gasteiger partial charge in [-0.05, 0) is 18.4 Å². The van der Waals surface area contributed by atoms with Crippen LogP contribution in [0.25, 0.3) is 0 Å². The molecule has 0 radical (unpaired) electrons. The monoisotopic (exact) mass is 244 g/mol. The predicted molar refractivity (Wildman–Crippen MR) is 69.8 cm³/mol. The van der Waals surface area contributed by atoms with E-state index in [1.807, 2.05) is 30.3 Å². The number of carbonyl (C=O) groups excluding carboxylic acids is 2. The van der Waals surface area contributed by atoms with Crippen LogP contribution in [0.3, 0.4) is 0 Å². The molecule has 2 rings (SSSR count). The molecule has 0 aliphatic carbocycles. The first-order valence-corrected chi connectivity index (χ1v) is 6.15. The first kappa shape index (κ1) is 12.5. The first-order chi connectivity index (χ1) is 8.79. The number of hydrogen-bond acceptors (Lipinski definition) is 2. The van der Waals surface area contributed by atoms with E-state index in [0.717, 1.165) is 31.5 Å². The number of urea groups is 1. The Hall–Kier alpha value is -1.97. The highest BCUT2D eigenvalue weighted by Crippen LogP contribution is 2.09. The number of hydrogen-bond donors (Lipinski definition) is 0. The van der Waals surface area contributed by atoms with Crippen molar-refractivity contribution in [3.8, 4) is 0 Å². The topological polar surface area (TPSA) is 49.7 Å². The van der Waals surface area contributed by atoms with Crippen LogP contribution in [-0.4, -0.2) is 36.0 Å². The maximum absolute atomic E-state index is 11.8. The Bertz CT molecular complexity index is 448. The average Bonchev–Trinajstić information content (AvgIpc) is 2.93. The van der Waals surface area contributed by atoms with E-state index in [9.17, 15) is 9.59 Å². The average molecular weight is 244 g/mol. The molecule has 0 saturated carbocycles. The van der Waals surface area contributed by atoms with Crippen LogP contribution in [-0.2, 0) is 11.2 Å². The Morgan fingerprint density at radius 1 is 1.22 bits per heavy atom. The number of aldehydes is 1. The van der Waals surface area contributed by atoms with E-state index in [2.05, 4.69) is 4.99 Å². The molecule has 4 nitrogen and oxygen atoms in total. The van der Waals surface area contributed by atoms with Gasteiger partial charge < -0.3 is 4.90 Å². The van der Waals surface area contributed by atoms with E-state index in [4.69, 9.17) is 0 Å². The van der Waals surface area contributed by atoms with Crippen molar-refractivity contribution in [1.82, 2.24) is 4.90 Å². The molecule has 18 heavy (non-hydrogen) atoms. The van der Waals surface area contributed by atoms with E-state index >= 15 is 0 Å². The molecular formula is C14H16N2O2. The maximum Gasteiger partial charge on any atom is 0.343 e. The third kappa shape index (κ3) is 3.26. The van der Waals surface area contributed by atoms with Crippen molar-refractivity contribution >= 4 is 18.0 Å². The molecule has 1 saturated heterocycles. The lowest BCUT2D eigenvalue weighted by molar-refractivity contribution is -0.102. The highest BCUT2D eigenvalue weighted by Gasteiger charge is 2.17. The van der Waals surface area contributed by atoms with Crippen LogP contribution in [0.15, 0.2) is 35.3 Å². The summed E-state index contributed by atoms with van der Waals surface area (Å²) in [4.78, 5) is 28.3.